The molecule has 146 valence electrons. The molecule has 0 radical (unpaired) electrons. The van der Waals surface area contributed by atoms with Gasteiger partial charge in [-0.2, -0.15) is 0 Å². The van der Waals surface area contributed by atoms with Crippen molar-refractivity contribution in [2.24, 2.45) is 0 Å². The molecule has 0 saturated carbocycles. The van der Waals surface area contributed by atoms with Gasteiger partial charge in [0.1, 0.15) is 11.5 Å². The average molecular weight is 411 g/mol. The Bertz CT molecular complexity index is 1070. The summed E-state index contributed by atoms with van der Waals surface area (Å²) in [6.07, 6.45) is 2.80. The molecule has 29 heavy (non-hydrogen) atoms. The number of carbonyl (C=O) groups excluding carboxylic acids is 2. The zero-order valence-corrected chi connectivity index (χ0v) is 15.6. The first-order chi connectivity index (χ1) is 13.9. The Morgan fingerprint density at radius 2 is 1.69 bits per heavy atom. The Morgan fingerprint density at radius 3 is 2.31 bits per heavy atom. The van der Waals surface area contributed by atoms with Gasteiger partial charge in [-0.3, -0.25) is 9.59 Å². The van der Waals surface area contributed by atoms with Gasteiger partial charge in [-0.15, -0.1) is 0 Å². The van der Waals surface area contributed by atoms with E-state index in [0.29, 0.717) is 11.4 Å². The first-order valence-corrected chi connectivity index (χ1v) is 8.77. The molecular formula is C21H15ClN2O5. The van der Waals surface area contributed by atoms with Crippen molar-refractivity contribution in [3.05, 3.63) is 94.5 Å². The molecule has 0 fully saturated rings. The number of furan rings is 1. The number of nitrogens with one attached hydrogen (secondary N) is 2. The fourth-order valence-electron chi connectivity index (χ4n) is 2.40. The van der Waals surface area contributed by atoms with E-state index in [2.05, 4.69) is 10.6 Å². The van der Waals surface area contributed by atoms with Crippen LogP contribution in [0, 0.1) is 0 Å². The van der Waals surface area contributed by atoms with Crippen LogP contribution in [0.2, 0.25) is 5.02 Å². The monoisotopic (exact) mass is 410 g/mol. The summed E-state index contributed by atoms with van der Waals surface area (Å²) in [6.45, 7) is 0. The molecule has 8 heteroatoms. The molecule has 0 aliphatic heterocycles. The van der Waals surface area contributed by atoms with E-state index in [1.165, 1.54) is 42.7 Å². The molecule has 0 aliphatic rings. The fraction of sp³-hybridized carbons (Fsp3) is 0. The third kappa shape index (κ3) is 5.12. The van der Waals surface area contributed by atoms with Gasteiger partial charge in [0, 0.05) is 11.8 Å². The van der Waals surface area contributed by atoms with Crippen molar-refractivity contribution >= 4 is 41.1 Å². The third-order valence-electron chi connectivity index (χ3n) is 3.83. The van der Waals surface area contributed by atoms with E-state index in [4.69, 9.17) is 21.1 Å². The molecule has 0 bridgehead atoms. The van der Waals surface area contributed by atoms with Crippen LogP contribution in [0.3, 0.4) is 0 Å². The molecule has 0 atom stereocenters. The number of anilines is 1. The van der Waals surface area contributed by atoms with Crippen LogP contribution in [0.1, 0.15) is 26.5 Å². The number of carboxylic acids is 1. The second-order valence-corrected chi connectivity index (χ2v) is 6.25. The number of hydrogen-bond acceptors (Lipinski definition) is 4. The average Bonchev–Trinajstić information content (AvgIpc) is 3.21. The molecule has 2 aromatic carbocycles. The van der Waals surface area contributed by atoms with Gasteiger partial charge in [0.15, 0.2) is 0 Å². The first-order valence-electron chi connectivity index (χ1n) is 8.40. The van der Waals surface area contributed by atoms with Crippen LogP contribution in [0.4, 0.5) is 5.69 Å². The summed E-state index contributed by atoms with van der Waals surface area (Å²) in [4.78, 5) is 36.2. The lowest BCUT2D eigenvalue weighted by Gasteiger charge is -2.11. The minimum absolute atomic E-state index is 0.0767. The molecule has 7 nitrogen and oxygen atoms in total. The summed E-state index contributed by atoms with van der Waals surface area (Å²) in [5.74, 6) is -1.90. The van der Waals surface area contributed by atoms with Crippen LogP contribution in [-0.2, 0) is 4.79 Å². The first kappa shape index (κ1) is 19.9. The number of carboxylic acid groups (broad SMARTS) is 1. The standard InChI is InChI=1S/C21H15ClN2O5/c22-17-6-2-1-5-16(17)19(25)24-18(12-15-4-3-11-29-15)20(26)23-14-9-7-13(8-10-14)21(27)28/h1-12H,(H,23,26)(H,24,25)(H,27,28)/b18-12-. The molecule has 1 heterocycles. The van der Waals surface area contributed by atoms with Gasteiger partial charge in [-0.05, 0) is 48.5 Å². The van der Waals surface area contributed by atoms with Crippen molar-refractivity contribution in [3.63, 3.8) is 0 Å². The predicted molar refractivity (Wildman–Crippen MR) is 108 cm³/mol. The molecule has 1 aromatic heterocycles. The SMILES string of the molecule is O=C(Nc1ccc(C(=O)O)cc1)/C(=C/c1ccco1)NC(=O)c1ccccc1Cl. The number of amides is 2. The normalized spacial score (nSPS) is 11.0. The van der Waals surface area contributed by atoms with Gasteiger partial charge in [-0.25, -0.2) is 4.79 Å². The highest BCUT2D eigenvalue weighted by Gasteiger charge is 2.17. The van der Waals surface area contributed by atoms with E-state index in [1.54, 1.807) is 30.3 Å². The van der Waals surface area contributed by atoms with E-state index in [9.17, 15) is 14.4 Å². The summed E-state index contributed by atoms with van der Waals surface area (Å²) in [6, 6.07) is 15.3. The second-order valence-electron chi connectivity index (χ2n) is 5.84. The Morgan fingerprint density at radius 1 is 0.966 bits per heavy atom. The topological polar surface area (TPSA) is 109 Å². The van der Waals surface area contributed by atoms with Crippen molar-refractivity contribution in [2.45, 2.75) is 0 Å². The van der Waals surface area contributed by atoms with Crippen LogP contribution in [-0.4, -0.2) is 22.9 Å². The number of hydrogen-bond donors (Lipinski definition) is 3. The third-order valence-corrected chi connectivity index (χ3v) is 4.16. The van der Waals surface area contributed by atoms with Crippen molar-refractivity contribution in [2.75, 3.05) is 5.32 Å². The van der Waals surface area contributed by atoms with Crippen LogP contribution in [0.15, 0.2) is 77.0 Å². The summed E-state index contributed by atoms with van der Waals surface area (Å²) in [5, 5.41) is 14.3. The van der Waals surface area contributed by atoms with E-state index in [1.807, 2.05) is 0 Å². The van der Waals surface area contributed by atoms with Gasteiger partial charge < -0.3 is 20.2 Å². The Labute approximate surface area is 170 Å². The number of benzene rings is 2. The molecule has 0 aliphatic carbocycles. The second kappa shape index (κ2) is 8.90. The zero-order chi connectivity index (χ0) is 20.8. The van der Waals surface area contributed by atoms with E-state index in [0.717, 1.165) is 0 Å². The lowest BCUT2D eigenvalue weighted by molar-refractivity contribution is -0.113. The smallest absolute Gasteiger partial charge is 0.335 e. The number of rotatable bonds is 6. The highest BCUT2D eigenvalue weighted by atomic mass is 35.5. The van der Waals surface area contributed by atoms with Crippen molar-refractivity contribution in [1.82, 2.24) is 5.32 Å². The van der Waals surface area contributed by atoms with Crippen LogP contribution >= 0.6 is 11.6 Å². The molecule has 3 rings (SSSR count). The molecule has 2 amide bonds. The summed E-state index contributed by atoms with van der Waals surface area (Å²) in [7, 11) is 0. The number of aromatic carboxylic acids is 1. The van der Waals surface area contributed by atoms with Gasteiger partial charge in [0.2, 0.25) is 0 Å². The maximum Gasteiger partial charge on any atom is 0.335 e. The van der Waals surface area contributed by atoms with E-state index < -0.39 is 17.8 Å². The minimum Gasteiger partial charge on any atom is -0.478 e. The van der Waals surface area contributed by atoms with Gasteiger partial charge in [-0.1, -0.05) is 23.7 Å². The lowest BCUT2D eigenvalue weighted by atomic mass is 10.2. The Hall–Kier alpha value is -3.84. The van der Waals surface area contributed by atoms with Crippen molar-refractivity contribution in [3.8, 4) is 0 Å². The zero-order valence-electron chi connectivity index (χ0n) is 14.9. The molecule has 3 N–H and O–H groups in total. The molecule has 0 saturated heterocycles. The summed E-state index contributed by atoms with van der Waals surface area (Å²) < 4.78 is 5.22. The maximum absolute atomic E-state index is 12.7. The fourth-order valence-corrected chi connectivity index (χ4v) is 2.63. The largest absolute Gasteiger partial charge is 0.478 e. The Balaban J connectivity index is 1.83. The van der Waals surface area contributed by atoms with Gasteiger partial charge in [0.25, 0.3) is 11.8 Å². The van der Waals surface area contributed by atoms with E-state index >= 15 is 0 Å². The van der Waals surface area contributed by atoms with Crippen LogP contribution < -0.4 is 10.6 Å². The summed E-state index contributed by atoms with van der Waals surface area (Å²) in [5.41, 5.74) is 0.573. The van der Waals surface area contributed by atoms with E-state index in [-0.39, 0.29) is 21.8 Å². The van der Waals surface area contributed by atoms with Crippen LogP contribution in [0.5, 0.6) is 0 Å². The number of halogens is 1. The minimum atomic E-state index is -1.08. The van der Waals surface area contributed by atoms with Gasteiger partial charge >= 0.3 is 5.97 Å². The predicted octanol–water partition coefficient (Wildman–Crippen LogP) is 4.04. The lowest BCUT2D eigenvalue weighted by Crippen LogP contribution is -2.30. The molecule has 3 aromatic rings. The molecule has 0 unspecified atom stereocenters. The van der Waals surface area contributed by atoms with Crippen molar-refractivity contribution in [1.29, 1.82) is 0 Å². The quantitative estimate of drug-likeness (QED) is 0.531. The van der Waals surface area contributed by atoms with Gasteiger partial charge in [0.05, 0.1) is 22.4 Å². The van der Waals surface area contributed by atoms with Crippen LogP contribution in [0.25, 0.3) is 6.08 Å². The summed E-state index contributed by atoms with van der Waals surface area (Å²) >= 11 is 6.05. The number of carbonyl (C=O) groups is 3. The maximum atomic E-state index is 12.7. The van der Waals surface area contributed by atoms with Crippen molar-refractivity contribution < 1.29 is 23.9 Å². The molecule has 0 spiro atoms. The molecular weight excluding hydrogens is 396 g/mol. The Kier molecular flexibility index (Phi) is 6.11. The highest BCUT2D eigenvalue weighted by molar-refractivity contribution is 6.34. The highest BCUT2D eigenvalue weighted by Crippen LogP contribution is 2.17.